The molecular formula is C10H11F2NO3. The van der Waals surface area contributed by atoms with E-state index in [1.54, 1.807) is 0 Å². The van der Waals surface area contributed by atoms with Crippen LogP contribution in [0.1, 0.15) is 6.92 Å². The van der Waals surface area contributed by atoms with E-state index in [9.17, 15) is 13.6 Å². The number of nitrogens with two attached hydrogens (primary N) is 1. The van der Waals surface area contributed by atoms with Crippen molar-refractivity contribution in [3.05, 3.63) is 29.8 Å². The topological polar surface area (TPSA) is 72.5 Å². The molecule has 0 fully saturated rings. The first-order chi connectivity index (χ1) is 7.34. The first kappa shape index (κ1) is 12.4. The predicted molar refractivity (Wildman–Crippen MR) is 52.1 cm³/mol. The minimum atomic E-state index is -1.70. The molecule has 4 nitrogen and oxygen atoms in total. The maximum Gasteiger partial charge on any atom is 0.326 e. The van der Waals surface area contributed by atoms with Crippen LogP contribution in [-0.2, 0) is 4.79 Å². The molecule has 1 aromatic carbocycles. The molecule has 0 aliphatic carbocycles. The standard InChI is InChI=1S/C10H11F2NO3/c1-10(13,9(14)15)5-16-8-6(11)3-2-4-7(8)12/h2-4H,5,13H2,1H3,(H,14,15). The second-order valence-corrected chi connectivity index (χ2v) is 3.56. The maximum atomic E-state index is 13.1. The first-order valence-electron chi connectivity index (χ1n) is 4.43. The van der Waals surface area contributed by atoms with Crippen LogP contribution in [0.3, 0.4) is 0 Å². The first-order valence-corrected chi connectivity index (χ1v) is 4.43. The normalized spacial score (nSPS) is 14.2. The average molecular weight is 231 g/mol. The number of benzene rings is 1. The molecule has 0 aliphatic heterocycles. The molecular weight excluding hydrogens is 220 g/mol. The summed E-state index contributed by atoms with van der Waals surface area (Å²) in [4.78, 5) is 10.6. The van der Waals surface area contributed by atoms with Gasteiger partial charge in [-0.2, -0.15) is 0 Å². The molecule has 88 valence electrons. The minimum Gasteiger partial charge on any atom is -0.485 e. The third-order valence-corrected chi connectivity index (χ3v) is 1.92. The lowest BCUT2D eigenvalue weighted by Crippen LogP contribution is -2.50. The SMILES string of the molecule is CC(N)(COc1c(F)cccc1F)C(=O)O. The second-order valence-electron chi connectivity index (χ2n) is 3.56. The summed E-state index contributed by atoms with van der Waals surface area (Å²) in [5.74, 6) is -3.74. The van der Waals surface area contributed by atoms with E-state index in [0.717, 1.165) is 12.1 Å². The second kappa shape index (κ2) is 4.44. The Balaban J connectivity index is 2.79. The summed E-state index contributed by atoms with van der Waals surface area (Å²) in [6.45, 7) is 0.661. The third-order valence-electron chi connectivity index (χ3n) is 1.92. The lowest BCUT2D eigenvalue weighted by atomic mass is 10.1. The Morgan fingerprint density at radius 1 is 1.50 bits per heavy atom. The molecule has 0 saturated carbocycles. The fourth-order valence-electron chi connectivity index (χ4n) is 0.904. The van der Waals surface area contributed by atoms with Gasteiger partial charge in [0, 0.05) is 0 Å². The van der Waals surface area contributed by atoms with Gasteiger partial charge in [-0.1, -0.05) is 6.07 Å². The minimum absolute atomic E-state index is 0.528. The highest BCUT2D eigenvalue weighted by Crippen LogP contribution is 2.21. The predicted octanol–water partition coefficient (Wildman–Crippen LogP) is 1.15. The largest absolute Gasteiger partial charge is 0.485 e. The van der Waals surface area contributed by atoms with Crippen LogP contribution in [0, 0.1) is 11.6 Å². The molecule has 0 heterocycles. The van der Waals surface area contributed by atoms with Crippen LogP contribution in [0.25, 0.3) is 0 Å². The number of carboxylic acid groups (broad SMARTS) is 1. The van der Waals surface area contributed by atoms with Gasteiger partial charge in [-0.3, -0.25) is 4.79 Å². The average Bonchev–Trinajstić information content (AvgIpc) is 2.16. The summed E-state index contributed by atoms with van der Waals surface area (Å²) in [6, 6.07) is 3.19. The van der Waals surface area contributed by atoms with Crippen LogP contribution < -0.4 is 10.5 Å². The van der Waals surface area contributed by atoms with Crippen molar-refractivity contribution < 1.29 is 23.4 Å². The Kier molecular flexibility index (Phi) is 3.44. The van der Waals surface area contributed by atoms with Crippen molar-refractivity contribution in [3.63, 3.8) is 0 Å². The maximum absolute atomic E-state index is 13.1. The zero-order chi connectivity index (χ0) is 12.3. The fourth-order valence-corrected chi connectivity index (χ4v) is 0.904. The molecule has 0 saturated heterocycles. The molecule has 0 aromatic heterocycles. The number of rotatable bonds is 4. The van der Waals surface area contributed by atoms with E-state index < -0.39 is 35.5 Å². The van der Waals surface area contributed by atoms with Gasteiger partial charge < -0.3 is 15.6 Å². The molecule has 1 atom stereocenters. The van der Waals surface area contributed by atoms with Gasteiger partial charge in [0.2, 0.25) is 0 Å². The number of hydrogen-bond donors (Lipinski definition) is 2. The Bertz CT molecular complexity index is 387. The van der Waals surface area contributed by atoms with Gasteiger partial charge in [0.25, 0.3) is 0 Å². The van der Waals surface area contributed by atoms with Crippen molar-refractivity contribution in [3.8, 4) is 5.75 Å². The van der Waals surface area contributed by atoms with E-state index in [2.05, 4.69) is 0 Å². The summed E-state index contributed by atoms with van der Waals surface area (Å²) < 4.78 is 30.9. The molecule has 6 heteroatoms. The Hall–Kier alpha value is -1.69. The Morgan fingerprint density at radius 3 is 2.44 bits per heavy atom. The molecule has 1 unspecified atom stereocenters. The van der Waals surface area contributed by atoms with E-state index in [1.807, 2.05) is 0 Å². The summed E-state index contributed by atoms with van der Waals surface area (Å²) in [5.41, 5.74) is 3.64. The highest BCUT2D eigenvalue weighted by atomic mass is 19.1. The number of carbonyl (C=O) groups is 1. The summed E-state index contributed by atoms with van der Waals surface area (Å²) in [5, 5.41) is 8.67. The van der Waals surface area contributed by atoms with E-state index in [4.69, 9.17) is 15.6 Å². The molecule has 0 amide bonds. The van der Waals surface area contributed by atoms with Gasteiger partial charge in [0.05, 0.1) is 0 Å². The molecule has 0 radical (unpaired) electrons. The monoisotopic (exact) mass is 231 g/mol. The van der Waals surface area contributed by atoms with E-state index in [1.165, 1.54) is 13.0 Å². The number of para-hydroxylation sites is 1. The van der Waals surface area contributed by atoms with Gasteiger partial charge in [-0.25, -0.2) is 8.78 Å². The quantitative estimate of drug-likeness (QED) is 0.815. The highest BCUT2D eigenvalue weighted by molar-refractivity contribution is 5.78. The summed E-state index contributed by atoms with van der Waals surface area (Å²) >= 11 is 0. The van der Waals surface area contributed by atoms with Crippen molar-refractivity contribution in [2.75, 3.05) is 6.61 Å². The van der Waals surface area contributed by atoms with Crippen LogP contribution in [-0.4, -0.2) is 23.2 Å². The number of ether oxygens (including phenoxy) is 1. The molecule has 1 aromatic rings. The Morgan fingerprint density at radius 2 is 2.00 bits per heavy atom. The number of carboxylic acids is 1. The lowest BCUT2D eigenvalue weighted by molar-refractivity contribution is -0.143. The zero-order valence-electron chi connectivity index (χ0n) is 8.54. The molecule has 1 rings (SSSR count). The molecule has 16 heavy (non-hydrogen) atoms. The van der Waals surface area contributed by atoms with Gasteiger partial charge in [0.15, 0.2) is 17.4 Å². The Labute approximate surface area is 90.6 Å². The van der Waals surface area contributed by atoms with Gasteiger partial charge in [0.1, 0.15) is 12.1 Å². The van der Waals surface area contributed by atoms with Crippen LogP contribution in [0.5, 0.6) is 5.75 Å². The number of aliphatic carboxylic acids is 1. The van der Waals surface area contributed by atoms with Gasteiger partial charge >= 0.3 is 5.97 Å². The van der Waals surface area contributed by atoms with Crippen LogP contribution in [0.2, 0.25) is 0 Å². The zero-order valence-corrected chi connectivity index (χ0v) is 8.54. The van der Waals surface area contributed by atoms with Crippen LogP contribution >= 0.6 is 0 Å². The number of halogens is 2. The molecule has 0 aliphatic rings. The number of hydrogen-bond acceptors (Lipinski definition) is 3. The van der Waals surface area contributed by atoms with Crippen molar-refractivity contribution in [2.24, 2.45) is 5.73 Å². The van der Waals surface area contributed by atoms with E-state index >= 15 is 0 Å². The van der Waals surface area contributed by atoms with Crippen molar-refractivity contribution in [1.29, 1.82) is 0 Å². The molecule has 0 bridgehead atoms. The van der Waals surface area contributed by atoms with Crippen LogP contribution in [0.4, 0.5) is 8.78 Å². The van der Waals surface area contributed by atoms with E-state index in [0.29, 0.717) is 0 Å². The third kappa shape index (κ3) is 2.66. The van der Waals surface area contributed by atoms with Crippen molar-refractivity contribution in [1.82, 2.24) is 0 Å². The highest BCUT2D eigenvalue weighted by Gasteiger charge is 2.29. The summed E-state index contributed by atoms with van der Waals surface area (Å²) in [7, 11) is 0. The van der Waals surface area contributed by atoms with Gasteiger partial charge in [-0.05, 0) is 19.1 Å². The fraction of sp³-hybridized carbons (Fsp3) is 0.300. The van der Waals surface area contributed by atoms with Crippen molar-refractivity contribution >= 4 is 5.97 Å². The van der Waals surface area contributed by atoms with Crippen molar-refractivity contribution in [2.45, 2.75) is 12.5 Å². The lowest BCUT2D eigenvalue weighted by Gasteiger charge is -2.19. The van der Waals surface area contributed by atoms with Gasteiger partial charge in [-0.15, -0.1) is 0 Å². The smallest absolute Gasteiger partial charge is 0.326 e. The van der Waals surface area contributed by atoms with E-state index in [-0.39, 0.29) is 0 Å². The molecule has 0 spiro atoms. The summed E-state index contributed by atoms with van der Waals surface area (Å²) in [6.07, 6.45) is 0. The van der Waals surface area contributed by atoms with Crippen LogP contribution in [0.15, 0.2) is 18.2 Å². The molecule has 3 N–H and O–H groups in total.